The van der Waals surface area contributed by atoms with Crippen LogP contribution in [0.3, 0.4) is 0 Å². The van der Waals surface area contributed by atoms with Crippen molar-refractivity contribution in [3.63, 3.8) is 0 Å². The second-order valence-electron chi connectivity index (χ2n) is 5.95. The highest BCUT2D eigenvalue weighted by molar-refractivity contribution is 6.06. The molecule has 1 amide bonds. The predicted octanol–water partition coefficient (Wildman–Crippen LogP) is 4.68. The van der Waals surface area contributed by atoms with Crippen LogP contribution in [0.15, 0.2) is 67.0 Å². The van der Waals surface area contributed by atoms with Gasteiger partial charge in [0.2, 0.25) is 0 Å². The maximum Gasteiger partial charge on any atom is 0.258 e. The topological polar surface area (TPSA) is 86.5 Å². The fourth-order valence-electron chi connectivity index (χ4n) is 2.46. The Labute approximate surface area is 175 Å². The second kappa shape index (κ2) is 12.2. The van der Waals surface area contributed by atoms with E-state index in [1.54, 1.807) is 0 Å². The summed E-state index contributed by atoms with van der Waals surface area (Å²) in [5, 5.41) is 2.56. The highest BCUT2D eigenvalue weighted by atomic mass is 19.1. The van der Waals surface area contributed by atoms with Crippen LogP contribution < -0.4 is 15.8 Å². The Morgan fingerprint density at radius 2 is 1.87 bits per heavy atom. The summed E-state index contributed by atoms with van der Waals surface area (Å²) in [4.78, 5) is 16.2. The Kier molecular flexibility index (Phi) is 9.27. The van der Waals surface area contributed by atoms with Gasteiger partial charge in [0.1, 0.15) is 18.2 Å². The van der Waals surface area contributed by atoms with Crippen molar-refractivity contribution >= 4 is 17.3 Å². The Balaban J connectivity index is 0.00000155. The van der Waals surface area contributed by atoms with Gasteiger partial charge in [-0.05, 0) is 29.8 Å². The van der Waals surface area contributed by atoms with Gasteiger partial charge in [-0.1, -0.05) is 44.2 Å². The maximum atomic E-state index is 14.1. The number of ether oxygens (including phenoxy) is 2. The van der Waals surface area contributed by atoms with Gasteiger partial charge >= 0.3 is 0 Å². The number of amides is 1. The van der Waals surface area contributed by atoms with E-state index in [0.29, 0.717) is 30.3 Å². The lowest BCUT2D eigenvalue weighted by Gasteiger charge is -2.11. The van der Waals surface area contributed by atoms with Gasteiger partial charge in [-0.3, -0.25) is 9.78 Å². The van der Waals surface area contributed by atoms with E-state index in [9.17, 15) is 9.18 Å². The molecule has 3 rings (SSSR count). The number of carbonyl (C=O) groups excluding carboxylic acids is 1. The first kappa shape index (κ1) is 22.8. The molecule has 6 nitrogen and oxygen atoms in total. The van der Waals surface area contributed by atoms with Crippen LogP contribution in [0.1, 0.15) is 29.8 Å². The Hall–Kier alpha value is -3.45. The van der Waals surface area contributed by atoms with Gasteiger partial charge in [0.25, 0.3) is 5.91 Å². The van der Waals surface area contributed by atoms with Gasteiger partial charge in [-0.15, -0.1) is 0 Å². The zero-order chi connectivity index (χ0) is 21.8. The number of nitrogens with one attached hydrogen (secondary N) is 1. The van der Waals surface area contributed by atoms with Gasteiger partial charge in [0, 0.05) is 6.20 Å². The van der Waals surface area contributed by atoms with Crippen LogP contribution in [0.25, 0.3) is 0 Å². The minimum atomic E-state index is -0.655. The van der Waals surface area contributed by atoms with Crippen molar-refractivity contribution in [1.82, 2.24) is 4.98 Å². The summed E-state index contributed by atoms with van der Waals surface area (Å²) in [5.41, 5.74) is 7.32. The first-order valence-corrected chi connectivity index (χ1v) is 9.68. The third-order valence-electron chi connectivity index (χ3n) is 3.89. The van der Waals surface area contributed by atoms with E-state index in [1.807, 2.05) is 44.2 Å². The van der Waals surface area contributed by atoms with E-state index in [2.05, 4.69) is 10.3 Å². The van der Waals surface area contributed by atoms with Crippen molar-refractivity contribution in [2.45, 2.75) is 20.5 Å². The number of carbonyl (C=O) groups is 1. The summed E-state index contributed by atoms with van der Waals surface area (Å²) < 4.78 is 25.2. The summed E-state index contributed by atoms with van der Waals surface area (Å²) in [6.45, 7) is 5.12. The first-order valence-electron chi connectivity index (χ1n) is 9.68. The fourth-order valence-corrected chi connectivity index (χ4v) is 2.46. The molecule has 0 fully saturated rings. The second-order valence-corrected chi connectivity index (χ2v) is 5.95. The number of hydrogen-bond acceptors (Lipinski definition) is 5. The third kappa shape index (κ3) is 6.86. The van der Waals surface area contributed by atoms with Gasteiger partial charge < -0.3 is 20.5 Å². The van der Waals surface area contributed by atoms with Crippen molar-refractivity contribution < 1.29 is 18.7 Å². The van der Waals surface area contributed by atoms with Crippen LogP contribution in [0.2, 0.25) is 0 Å². The molecule has 0 bridgehead atoms. The van der Waals surface area contributed by atoms with Crippen molar-refractivity contribution in [2.75, 3.05) is 24.3 Å². The number of nitrogen functional groups attached to an aromatic ring is 1. The third-order valence-corrected chi connectivity index (χ3v) is 3.89. The Morgan fingerprint density at radius 3 is 2.60 bits per heavy atom. The van der Waals surface area contributed by atoms with Crippen LogP contribution in [0, 0.1) is 5.82 Å². The van der Waals surface area contributed by atoms with Crippen molar-refractivity contribution in [1.29, 1.82) is 0 Å². The average Bonchev–Trinajstić information content (AvgIpc) is 2.78. The molecular weight excluding hydrogens is 385 g/mol. The number of hydrogen-bond donors (Lipinski definition) is 2. The van der Waals surface area contributed by atoms with Gasteiger partial charge in [-0.2, -0.15) is 0 Å². The normalized spacial score (nSPS) is 9.97. The quantitative estimate of drug-likeness (QED) is 0.526. The van der Waals surface area contributed by atoms with Crippen LogP contribution >= 0.6 is 0 Å². The fraction of sp³-hybridized carbons (Fsp3) is 0.217. The standard InChI is InChI=1S/C21H20FN3O3.C2H6/c22-18-7-6-16(28-11-10-27-14-15-4-2-1-3-5-15)12-17(18)21(26)25-20-8-9-24-13-19(20)23;1-2/h1-9,12-13H,10-11,14,23H2,(H,24,25,26);1-2H3. The lowest BCUT2D eigenvalue weighted by molar-refractivity contribution is 0.0888. The SMILES string of the molecule is CC.Nc1cnccc1NC(=O)c1cc(OCCOCc2ccccc2)ccc1F. The summed E-state index contributed by atoms with van der Waals surface area (Å²) in [5.74, 6) is -0.906. The van der Waals surface area contributed by atoms with Crippen LogP contribution in [-0.2, 0) is 11.3 Å². The average molecular weight is 411 g/mol. The van der Waals surface area contributed by atoms with Crippen LogP contribution in [-0.4, -0.2) is 24.1 Å². The van der Waals surface area contributed by atoms with Gasteiger partial charge in [0.05, 0.1) is 36.3 Å². The van der Waals surface area contributed by atoms with Crippen LogP contribution in [0.4, 0.5) is 15.8 Å². The number of pyridine rings is 1. The van der Waals surface area contributed by atoms with Crippen LogP contribution in [0.5, 0.6) is 5.75 Å². The Bertz CT molecular complexity index is 936. The minimum Gasteiger partial charge on any atom is -0.491 e. The number of nitrogens with zero attached hydrogens (tertiary/aromatic N) is 1. The van der Waals surface area contributed by atoms with E-state index >= 15 is 0 Å². The molecule has 0 saturated carbocycles. The van der Waals surface area contributed by atoms with E-state index in [-0.39, 0.29) is 12.2 Å². The summed E-state index contributed by atoms with van der Waals surface area (Å²) >= 11 is 0. The number of anilines is 2. The van der Waals surface area contributed by atoms with Gasteiger partial charge in [0.15, 0.2) is 0 Å². The molecule has 0 radical (unpaired) electrons. The molecular formula is C23H26FN3O3. The highest BCUT2D eigenvalue weighted by Crippen LogP contribution is 2.21. The molecule has 0 atom stereocenters. The Morgan fingerprint density at radius 1 is 1.10 bits per heavy atom. The zero-order valence-corrected chi connectivity index (χ0v) is 17.1. The first-order chi connectivity index (χ1) is 14.6. The number of benzene rings is 2. The molecule has 0 spiro atoms. The molecule has 1 heterocycles. The molecule has 0 aliphatic rings. The monoisotopic (exact) mass is 411 g/mol. The molecule has 3 aromatic rings. The van der Waals surface area contributed by atoms with E-state index in [0.717, 1.165) is 5.56 Å². The maximum absolute atomic E-state index is 14.1. The van der Waals surface area contributed by atoms with Crippen molar-refractivity contribution in [3.8, 4) is 5.75 Å². The van der Waals surface area contributed by atoms with E-state index in [1.165, 1.54) is 36.7 Å². The summed E-state index contributed by atoms with van der Waals surface area (Å²) in [6.07, 6.45) is 2.89. The summed E-state index contributed by atoms with van der Waals surface area (Å²) in [7, 11) is 0. The molecule has 0 aliphatic carbocycles. The number of nitrogens with two attached hydrogens (primary N) is 1. The predicted molar refractivity (Wildman–Crippen MR) is 116 cm³/mol. The van der Waals surface area contributed by atoms with Crippen molar-refractivity contribution in [3.05, 3.63) is 83.9 Å². The smallest absolute Gasteiger partial charge is 0.258 e. The number of aromatic nitrogens is 1. The van der Waals surface area contributed by atoms with E-state index in [4.69, 9.17) is 15.2 Å². The van der Waals surface area contributed by atoms with E-state index < -0.39 is 11.7 Å². The molecule has 2 aromatic carbocycles. The minimum absolute atomic E-state index is 0.140. The molecule has 158 valence electrons. The molecule has 7 heteroatoms. The molecule has 0 saturated heterocycles. The molecule has 0 aliphatic heterocycles. The molecule has 3 N–H and O–H groups in total. The molecule has 1 aromatic heterocycles. The molecule has 30 heavy (non-hydrogen) atoms. The number of rotatable bonds is 8. The lowest BCUT2D eigenvalue weighted by Crippen LogP contribution is -2.15. The van der Waals surface area contributed by atoms with Gasteiger partial charge in [-0.25, -0.2) is 4.39 Å². The largest absolute Gasteiger partial charge is 0.491 e. The molecule has 0 unspecified atom stereocenters. The van der Waals surface area contributed by atoms with Crippen molar-refractivity contribution in [2.24, 2.45) is 0 Å². The summed E-state index contributed by atoms with van der Waals surface area (Å²) in [6, 6.07) is 15.3. The highest BCUT2D eigenvalue weighted by Gasteiger charge is 2.14. The number of halogens is 1. The zero-order valence-electron chi connectivity index (χ0n) is 17.1. The lowest BCUT2D eigenvalue weighted by atomic mass is 10.2.